The van der Waals surface area contributed by atoms with E-state index in [1.54, 1.807) is 0 Å². The third kappa shape index (κ3) is 14.6. The van der Waals surface area contributed by atoms with Gasteiger partial charge in [0, 0.05) is 11.7 Å². The molecule has 0 bridgehead atoms. The first-order valence-electron chi connectivity index (χ1n) is 7.57. The Labute approximate surface area is 134 Å². The molecule has 21 heavy (non-hydrogen) atoms. The maximum Gasteiger partial charge on any atom is 0.184 e. The largest absolute Gasteiger partial charge is 0.748 e. The summed E-state index contributed by atoms with van der Waals surface area (Å²) >= 11 is 0. The first-order valence-corrected chi connectivity index (χ1v) is 10.7. The topological polar surface area (TPSA) is 74.3 Å². The highest BCUT2D eigenvalue weighted by Gasteiger charge is 2.30. The van der Waals surface area contributed by atoms with Crippen molar-refractivity contribution < 1.29 is 17.8 Å². The van der Waals surface area contributed by atoms with E-state index in [1.165, 1.54) is 0 Å². The van der Waals surface area contributed by atoms with Crippen LogP contribution in [-0.2, 0) is 25.8 Å². The van der Waals surface area contributed by atoms with Crippen molar-refractivity contribution in [1.29, 1.82) is 0 Å². The molecule has 0 unspecified atom stereocenters. The lowest BCUT2D eigenvalue weighted by atomic mass is 10.1. The third-order valence-electron chi connectivity index (χ3n) is 2.91. The Morgan fingerprint density at radius 1 is 1.05 bits per heavy atom. The smallest absolute Gasteiger partial charge is 0.184 e. The minimum absolute atomic E-state index is 0.201. The molecule has 0 aromatic heterocycles. The van der Waals surface area contributed by atoms with E-state index in [0.717, 1.165) is 12.2 Å². The van der Waals surface area contributed by atoms with Gasteiger partial charge in [0.25, 0.3) is 0 Å². The SMILES string of the molecule is CC(C)C(=O)C[S+](C(C)C)C(C)C.CCCCS(=O)(=O)[O-]. The maximum absolute atomic E-state index is 11.6. The van der Waals surface area contributed by atoms with E-state index in [-0.39, 0.29) is 22.6 Å². The number of Topliss-reactive ketones (excluding diaryl/α,β-unsaturated/α-hetero) is 1. The van der Waals surface area contributed by atoms with Crippen LogP contribution in [0.4, 0.5) is 0 Å². The number of carbonyl (C=O) groups excluding carboxylic acids is 1. The Morgan fingerprint density at radius 3 is 1.67 bits per heavy atom. The molecule has 0 rings (SSSR count). The van der Waals surface area contributed by atoms with Crippen LogP contribution in [0.2, 0.25) is 0 Å². The predicted molar refractivity (Wildman–Crippen MR) is 91.8 cm³/mol. The van der Waals surface area contributed by atoms with Crippen LogP contribution in [0, 0.1) is 5.92 Å². The first-order chi connectivity index (χ1) is 9.42. The number of hydrogen-bond acceptors (Lipinski definition) is 4. The summed E-state index contributed by atoms with van der Waals surface area (Å²) in [4.78, 5) is 11.6. The Kier molecular flexibility index (Phi) is 12.7. The molecular weight excluding hydrogens is 308 g/mol. The van der Waals surface area contributed by atoms with E-state index in [9.17, 15) is 17.8 Å². The van der Waals surface area contributed by atoms with Crippen LogP contribution in [-0.4, -0.2) is 40.8 Å². The maximum atomic E-state index is 11.6. The highest BCUT2D eigenvalue weighted by Crippen LogP contribution is 2.14. The summed E-state index contributed by atoms with van der Waals surface area (Å²) in [7, 11) is -3.66. The van der Waals surface area contributed by atoms with Crippen LogP contribution in [0.1, 0.15) is 61.3 Å². The number of ketones is 1. The standard InChI is InChI=1S/C11H23OS.C4H10O3S/c1-8(2)11(12)7-13(9(3)4)10(5)6;1-2-3-4-8(5,6)7/h8-10H,7H2,1-6H3;2-4H2,1H3,(H,5,6,7)/q+1;/p-1. The van der Waals surface area contributed by atoms with Gasteiger partial charge in [-0.2, -0.15) is 0 Å². The minimum Gasteiger partial charge on any atom is -0.748 e. The lowest BCUT2D eigenvalue weighted by Crippen LogP contribution is -2.32. The second kappa shape index (κ2) is 11.5. The van der Waals surface area contributed by atoms with Crippen LogP contribution in [0.5, 0.6) is 0 Å². The van der Waals surface area contributed by atoms with Crippen molar-refractivity contribution >= 4 is 26.8 Å². The van der Waals surface area contributed by atoms with Gasteiger partial charge in [0.1, 0.15) is 10.5 Å². The molecule has 0 radical (unpaired) electrons. The summed E-state index contributed by atoms with van der Waals surface area (Å²) in [5.74, 6) is 1.19. The molecule has 0 saturated heterocycles. The molecule has 0 atom stereocenters. The van der Waals surface area contributed by atoms with Crippen LogP contribution in [0.15, 0.2) is 0 Å². The van der Waals surface area contributed by atoms with E-state index in [0.29, 0.717) is 22.7 Å². The van der Waals surface area contributed by atoms with Crippen LogP contribution in [0.25, 0.3) is 0 Å². The number of unbranched alkanes of at least 4 members (excludes halogenated alkanes) is 1. The Balaban J connectivity index is 0. The fourth-order valence-corrected chi connectivity index (χ4v) is 4.59. The molecule has 0 aromatic rings. The zero-order chi connectivity index (χ0) is 17.2. The molecule has 4 nitrogen and oxygen atoms in total. The average molecular weight is 341 g/mol. The first kappa shape index (κ1) is 23.2. The van der Waals surface area contributed by atoms with Gasteiger partial charge in [-0.15, -0.1) is 0 Å². The zero-order valence-corrected chi connectivity index (χ0v) is 16.1. The van der Waals surface area contributed by atoms with Crippen molar-refractivity contribution in [2.24, 2.45) is 5.92 Å². The Morgan fingerprint density at radius 2 is 1.48 bits per heavy atom. The van der Waals surface area contributed by atoms with E-state index < -0.39 is 10.1 Å². The van der Waals surface area contributed by atoms with Crippen molar-refractivity contribution in [3.8, 4) is 0 Å². The molecule has 128 valence electrons. The minimum atomic E-state index is -3.94. The molecule has 0 fully saturated rings. The number of rotatable bonds is 8. The molecule has 0 aliphatic heterocycles. The molecule has 0 amide bonds. The van der Waals surface area contributed by atoms with Gasteiger partial charge in [0.05, 0.1) is 10.1 Å². The monoisotopic (exact) mass is 340 g/mol. The predicted octanol–water partition coefficient (Wildman–Crippen LogP) is 2.98. The molecule has 0 heterocycles. The normalized spacial score (nSPS) is 12.0. The summed E-state index contributed by atoms with van der Waals surface area (Å²) in [6.45, 7) is 14.7. The molecule has 0 aliphatic carbocycles. The van der Waals surface area contributed by atoms with Crippen molar-refractivity contribution in [2.75, 3.05) is 11.5 Å². The highest BCUT2D eigenvalue weighted by atomic mass is 32.2. The molecule has 0 aromatic carbocycles. The molecule has 0 aliphatic rings. The molecular formula is C15H32O4S2. The van der Waals surface area contributed by atoms with Gasteiger partial charge < -0.3 is 4.55 Å². The third-order valence-corrected chi connectivity index (χ3v) is 6.74. The quantitative estimate of drug-likeness (QED) is 0.503. The van der Waals surface area contributed by atoms with Crippen molar-refractivity contribution in [2.45, 2.75) is 71.8 Å². The van der Waals surface area contributed by atoms with Crippen molar-refractivity contribution in [3.63, 3.8) is 0 Å². The van der Waals surface area contributed by atoms with Crippen molar-refractivity contribution in [1.82, 2.24) is 0 Å². The van der Waals surface area contributed by atoms with Gasteiger partial charge in [0.2, 0.25) is 0 Å². The van der Waals surface area contributed by atoms with Crippen LogP contribution in [0.3, 0.4) is 0 Å². The molecule has 0 spiro atoms. The number of hydrogen-bond donors (Lipinski definition) is 0. The lowest BCUT2D eigenvalue weighted by molar-refractivity contribution is -0.119. The fourth-order valence-electron chi connectivity index (χ4n) is 1.53. The van der Waals surface area contributed by atoms with E-state index >= 15 is 0 Å². The molecule has 6 heteroatoms. The second-order valence-electron chi connectivity index (χ2n) is 5.95. The van der Waals surface area contributed by atoms with Gasteiger partial charge in [-0.05, 0) is 45.0 Å². The molecule has 0 saturated carbocycles. The molecule has 0 N–H and O–H groups in total. The summed E-state index contributed by atoms with van der Waals surface area (Å²) in [5, 5.41) is 1.28. The van der Waals surface area contributed by atoms with Gasteiger partial charge in [0.15, 0.2) is 11.5 Å². The van der Waals surface area contributed by atoms with Crippen LogP contribution < -0.4 is 0 Å². The lowest BCUT2D eigenvalue weighted by Gasteiger charge is -2.15. The van der Waals surface area contributed by atoms with Crippen molar-refractivity contribution in [3.05, 3.63) is 0 Å². The van der Waals surface area contributed by atoms with Crippen LogP contribution >= 0.6 is 0 Å². The highest BCUT2D eigenvalue weighted by molar-refractivity contribution is 7.98. The summed E-state index contributed by atoms with van der Waals surface area (Å²) in [5.41, 5.74) is 0. The van der Waals surface area contributed by atoms with E-state index in [4.69, 9.17) is 0 Å². The van der Waals surface area contributed by atoms with E-state index in [1.807, 2.05) is 20.8 Å². The second-order valence-corrected chi connectivity index (χ2v) is 10.6. The zero-order valence-electron chi connectivity index (χ0n) is 14.5. The number of carbonyl (C=O) groups is 1. The Hall–Kier alpha value is -0.0700. The van der Waals surface area contributed by atoms with Gasteiger partial charge in [-0.3, -0.25) is 4.79 Å². The van der Waals surface area contributed by atoms with E-state index in [2.05, 4.69) is 27.7 Å². The summed E-state index contributed by atoms with van der Waals surface area (Å²) in [6.07, 6.45) is 1.23. The summed E-state index contributed by atoms with van der Waals surface area (Å²) in [6, 6.07) is 0. The van der Waals surface area contributed by atoms with Gasteiger partial charge >= 0.3 is 0 Å². The van der Waals surface area contributed by atoms with Gasteiger partial charge in [-0.25, -0.2) is 8.42 Å². The fraction of sp³-hybridized carbons (Fsp3) is 0.933. The summed E-state index contributed by atoms with van der Waals surface area (Å²) < 4.78 is 29.5. The Bertz CT molecular complexity index is 365. The average Bonchev–Trinajstić information content (AvgIpc) is 2.31. The van der Waals surface area contributed by atoms with Gasteiger partial charge in [-0.1, -0.05) is 27.2 Å².